The Balaban J connectivity index is 2.09. The SMILES string of the molecule is Cc1nnc(SCC(=O)c2ccc(C)c([N+](=O)[O-])c2)s1. The van der Waals surface area contributed by atoms with Crippen LogP contribution in [0.5, 0.6) is 0 Å². The van der Waals surface area contributed by atoms with Gasteiger partial charge >= 0.3 is 0 Å². The molecule has 0 aliphatic rings. The summed E-state index contributed by atoms with van der Waals surface area (Å²) in [6.45, 7) is 3.48. The highest BCUT2D eigenvalue weighted by Gasteiger charge is 2.15. The molecule has 0 saturated carbocycles. The lowest BCUT2D eigenvalue weighted by Gasteiger charge is -2.01. The second kappa shape index (κ2) is 6.10. The summed E-state index contributed by atoms with van der Waals surface area (Å²) in [4.78, 5) is 22.4. The smallest absolute Gasteiger partial charge is 0.273 e. The second-order valence-electron chi connectivity index (χ2n) is 4.06. The number of carbonyl (C=O) groups excluding carboxylic acids is 1. The quantitative estimate of drug-likeness (QED) is 0.365. The molecule has 8 heteroatoms. The number of nitro benzene ring substituents is 1. The Morgan fingerprint density at radius 3 is 2.75 bits per heavy atom. The summed E-state index contributed by atoms with van der Waals surface area (Å²) < 4.78 is 0.720. The normalized spacial score (nSPS) is 10.5. The Labute approximate surface area is 123 Å². The van der Waals surface area contributed by atoms with Crippen molar-refractivity contribution in [1.82, 2.24) is 10.2 Å². The summed E-state index contributed by atoms with van der Waals surface area (Å²) in [5, 5.41) is 19.5. The predicted molar refractivity (Wildman–Crippen MR) is 77.5 cm³/mol. The van der Waals surface area contributed by atoms with Crippen LogP contribution in [0.15, 0.2) is 22.5 Å². The van der Waals surface area contributed by atoms with E-state index in [1.54, 1.807) is 19.1 Å². The number of nitrogens with zero attached hydrogens (tertiary/aromatic N) is 3. The molecule has 0 saturated heterocycles. The molecule has 2 aromatic rings. The molecule has 1 aromatic carbocycles. The van der Waals surface area contributed by atoms with Crippen molar-refractivity contribution in [2.75, 3.05) is 5.75 Å². The monoisotopic (exact) mass is 309 g/mol. The molecular weight excluding hydrogens is 298 g/mol. The van der Waals surface area contributed by atoms with Crippen LogP contribution < -0.4 is 0 Å². The minimum Gasteiger partial charge on any atom is -0.293 e. The van der Waals surface area contributed by atoms with Crippen molar-refractivity contribution in [3.63, 3.8) is 0 Å². The minimum absolute atomic E-state index is 0.0346. The molecule has 0 spiro atoms. The van der Waals surface area contributed by atoms with E-state index in [9.17, 15) is 14.9 Å². The molecule has 0 N–H and O–H groups in total. The number of aryl methyl sites for hydroxylation is 2. The maximum atomic E-state index is 12.0. The average Bonchev–Trinajstić information content (AvgIpc) is 2.82. The van der Waals surface area contributed by atoms with Crippen LogP contribution in [0, 0.1) is 24.0 Å². The van der Waals surface area contributed by atoms with Gasteiger partial charge in [-0.05, 0) is 13.8 Å². The molecule has 0 fully saturated rings. The van der Waals surface area contributed by atoms with Gasteiger partial charge in [0.05, 0.1) is 10.7 Å². The third-order valence-electron chi connectivity index (χ3n) is 2.56. The van der Waals surface area contributed by atoms with Crippen molar-refractivity contribution in [3.8, 4) is 0 Å². The Morgan fingerprint density at radius 2 is 2.15 bits per heavy atom. The van der Waals surface area contributed by atoms with Gasteiger partial charge in [-0.15, -0.1) is 10.2 Å². The zero-order valence-electron chi connectivity index (χ0n) is 10.8. The lowest BCUT2D eigenvalue weighted by Crippen LogP contribution is -2.04. The van der Waals surface area contributed by atoms with Crippen LogP contribution >= 0.6 is 23.1 Å². The number of Topliss-reactive ketones (excluding diaryl/α,β-unsaturated/α-hetero) is 1. The van der Waals surface area contributed by atoms with E-state index >= 15 is 0 Å². The Hall–Kier alpha value is -1.80. The number of carbonyl (C=O) groups is 1. The summed E-state index contributed by atoms with van der Waals surface area (Å²) >= 11 is 2.70. The second-order valence-corrected chi connectivity index (χ2v) is 6.46. The lowest BCUT2D eigenvalue weighted by atomic mass is 10.1. The highest BCUT2D eigenvalue weighted by molar-refractivity contribution is 8.01. The maximum Gasteiger partial charge on any atom is 0.273 e. The van der Waals surface area contributed by atoms with Crippen molar-refractivity contribution in [2.45, 2.75) is 18.2 Å². The summed E-state index contributed by atoms with van der Waals surface area (Å²) in [6, 6.07) is 4.52. The topological polar surface area (TPSA) is 86.0 Å². The first-order chi connectivity index (χ1) is 9.47. The van der Waals surface area contributed by atoms with Crippen molar-refractivity contribution >= 4 is 34.6 Å². The molecule has 2 rings (SSSR count). The highest BCUT2D eigenvalue weighted by Crippen LogP contribution is 2.24. The van der Waals surface area contributed by atoms with Crippen LogP contribution in [0.2, 0.25) is 0 Å². The molecule has 0 aliphatic heterocycles. The number of ketones is 1. The van der Waals surface area contributed by atoms with Gasteiger partial charge in [0.1, 0.15) is 5.01 Å². The summed E-state index contributed by atoms with van der Waals surface area (Å²) in [7, 11) is 0. The van der Waals surface area contributed by atoms with Crippen molar-refractivity contribution in [3.05, 3.63) is 44.4 Å². The lowest BCUT2D eigenvalue weighted by molar-refractivity contribution is -0.385. The van der Waals surface area contributed by atoms with Crippen LogP contribution in [-0.2, 0) is 0 Å². The van der Waals surface area contributed by atoms with E-state index in [2.05, 4.69) is 10.2 Å². The molecule has 0 atom stereocenters. The summed E-state index contributed by atoms with van der Waals surface area (Å²) in [5.41, 5.74) is 0.850. The molecule has 0 amide bonds. The number of aromatic nitrogens is 2. The van der Waals surface area contributed by atoms with Gasteiger partial charge in [0, 0.05) is 17.2 Å². The van der Waals surface area contributed by atoms with Gasteiger partial charge in [-0.3, -0.25) is 14.9 Å². The van der Waals surface area contributed by atoms with Crippen molar-refractivity contribution in [1.29, 1.82) is 0 Å². The number of hydrogen-bond acceptors (Lipinski definition) is 7. The number of rotatable bonds is 5. The van der Waals surface area contributed by atoms with Crippen molar-refractivity contribution in [2.24, 2.45) is 0 Å². The zero-order chi connectivity index (χ0) is 14.7. The largest absolute Gasteiger partial charge is 0.293 e. The maximum absolute atomic E-state index is 12.0. The van der Waals surface area contributed by atoms with Crippen LogP contribution in [0.1, 0.15) is 20.9 Å². The van der Waals surface area contributed by atoms with E-state index in [4.69, 9.17) is 0 Å². The molecule has 1 aromatic heterocycles. The van der Waals surface area contributed by atoms with Gasteiger partial charge < -0.3 is 0 Å². The number of thioether (sulfide) groups is 1. The number of hydrogen-bond donors (Lipinski definition) is 0. The van der Waals surface area contributed by atoms with E-state index in [1.165, 1.54) is 29.2 Å². The van der Waals surface area contributed by atoms with Gasteiger partial charge in [-0.1, -0.05) is 35.2 Å². The molecule has 0 aliphatic carbocycles. The number of benzene rings is 1. The Morgan fingerprint density at radius 1 is 1.40 bits per heavy atom. The molecular formula is C12H11N3O3S2. The molecule has 20 heavy (non-hydrogen) atoms. The van der Waals surface area contributed by atoms with Gasteiger partial charge in [-0.25, -0.2) is 0 Å². The van der Waals surface area contributed by atoms with Gasteiger partial charge in [0.2, 0.25) is 0 Å². The third kappa shape index (κ3) is 3.40. The number of nitro groups is 1. The van der Waals surface area contributed by atoms with E-state index in [0.29, 0.717) is 11.1 Å². The molecule has 104 valence electrons. The Bertz CT molecular complexity index is 670. The average molecular weight is 309 g/mol. The first-order valence-electron chi connectivity index (χ1n) is 5.68. The van der Waals surface area contributed by atoms with E-state index in [-0.39, 0.29) is 17.2 Å². The Kier molecular flexibility index (Phi) is 4.46. The van der Waals surface area contributed by atoms with Crippen LogP contribution in [-0.4, -0.2) is 26.7 Å². The third-order valence-corrected chi connectivity index (χ3v) is 4.53. The first kappa shape index (κ1) is 14.6. The predicted octanol–water partition coefficient (Wildman–Crippen LogP) is 3.04. The summed E-state index contributed by atoms with van der Waals surface area (Å²) in [5.74, 6) is 0.0282. The molecule has 0 unspecified atom stereocenters. The fourth-order valence-electron chi connectivity index (χ4n) is 1.53. The first-order valence-corrected chi connectivity index (χ1v) is 7.48. The van der Waals surface area contributed by atoms with Gasteiger partial charge in [0.25, 0.3) is 5.69 Å². The highest BCUT2D eigenvalue weighted by atomic mass is 32.2. The van der Waals surface area contributed by atoms with Crippen LogP contribution in [0.25, 0.3) is 0 Å². The molecule has 0 bridgehead atoms. The molecule has 0 radical (unpaired) electrons. The van der Waals surface area contributed by atoms with E-state index < -0.39 is 4.92 Å². The fraction of sp³-hybridized carbons (Fsp3) is 0.250. The van der Waals surface area contributed by atoms with Crippen molar-refractivity contribution < 1.29 is 9.72 Å². The van der Waals surface area contributed by atoms with E-state index in [1.807, 2.05) is 6.92 Å². The standard InChI is InChI=1S/C12H11N3O3S2/c1-7-3-4-9(5-10(7)15(17)18)11(16)6-19-12-14-13-8(2)20-12/h3-5H,6H2,1-2H3. The van der Waals surface area contributed by atoms with Crippen LogP contribution in [0.3, 0.4) is 0 Å². The van der Waals surface area contributed by atoms with Gasteiger partial charge in [0.15, 0.2) is 10.1 Å². The fourth-order valence-corrected chi connectivity index (χ4v) is 3.24. The van der Waals surface area contributed by atoms with E-state index in [0.717, 1.165) is 9.35 Å². The molecule has 1 heterocycles. The minimum atomic E-state index is -0.479. The van der Waals surface area contributed by atoms with Crippen LogP contribution in [0.4, 0.5) is 5.69 Å². The zero-order valence-corrected chi connectivity index (χ0v) is 12.5. The summed E-state index contributed by atoms with van der Waals surface area (Å²) in [6.07, 6.45) is 0. The molecule has 6 nitrogen and oxygen atoms in total. The van der Waals surface area contributed by atoms with Gasteiger partial charge in [-0.2, -0.15) is 0 Å².